The fourth-order valence-corrected chi connectivity index (χ4v) is 13.8. The van der Waals surface area contributed by atoms with Crippen LogP contribution in [0, 0.1) is 13.8 Å². The van der Waals surface area contributed by atoms with Crippen LogP contribution < -0.4 is 9.80 Å². The molecular formula is C86H82Br2N2. The topological polar surface area (TPSA) is 6.48 Å². The second-order valence-electron chi connectivity index (χ2n) is 24.6. The molecule has 0 bridgehead atoms. The third-order valence-electron chi connectivity index (χ3n) is 18.2. The van der Waals surface area contributed by atoms with Crippen molar-refractivity contribution in [2.45, 2.75) is 118 Å². The largest absolute Gasteiger partial charge is 0.310 e. The third kappa shape index (κ3) is 14.6. The van der Waals surface area contributed by atoms with E-state index in [1.54, 1.807) is 0 Å². The van der Waals surface area contributed by atoms with Crippen molar-refractivity contribution in [2.24, 2.45) is 0 Å². The van der Waals surface area contributed by atoms with Crippen molar-refractivity contribution in [3.8, 4) is 55.6 Å². The molecule has 0 fully saturated rings. The predicted octanol–water partition coefficient (Wildman–Crippen LogP) is 27.2. The number of nitrogens with zero attached hydrogens (tertiary/aromatic N) is 2. The molecule has 12 aromatic carbocycles. The Bertz CT molecular complexity index is 4090. The molecule has 0 amide bonds. The Kier molecular flexibility index (Phi) is 20.3. The van der Waals surface area contributed by atoms with Crippen LogP contribution in [0.25, 0.3) is 77.2 Å². The zero-order chi connectivity index (χ0) is 61.8. The molecule has 12 rings (SSSR count). The lowest BCUT2D eigenvalue weighted by Crippen LogP contribution is -2.10. The first-order chi connectivity index (χ1) is 44.2. The van der Waals surface area contributed by atoms with Crippen LogP contribution in [0.15, 0.2) is 264 Å². The van der Waals surface area contributed by atoms with Crippen LogP contribution in [-0.2, 0) is 12.8 Å². The fourth-order valence-electron chi connectivity index (χ4n) is 13.2. The number of fused-ring (bicyclic) bond motifs is 2. The van der Waals surface area contributed by atoms with Gasteiger partial charge in [0.05, 0.1) is 0 Å². The Morgan fingerprint density at radius 3 is 0.967 bits per heavy atom. The molecule has 0 aliphatic carbocycles. The molecule has 0 radical (unpaired) electrons. The summed E-state index contributed by atoms with van der Waals surface area (Å²) < 4.78 is 2.16. The maximum atomic E-state index is 3.63. The standard InChI is InChI=1S/C86H82Br2N2/c1-5-7-9-11-13-15-21-63-23-17-27-79(55-63)89(77-51-43-67(44-52-77)65-39-47-75(87)48-40-65)81-29-19-25-71(57-81)73-37-35-69-33-31-61(3)85(83(69)59-73)86-62(4)32-34-70-36-38-74(60-84(70)86)72-26-20-30-82(58-72)90(78-53-45-68(46-54-78)66-41-49-76(88)50-42-66)80-28-18-24-64(56-80)22-16-14-12-10-8-6-2/h17-20,23-60H,5-16,21-22H2,1-4H3. The lowest BCUT2D eigenvalue weighted by atomic mass is 9.86. The molecule has 0 unspecified atom stereocenters. The molecule has 12 aromatic rings. The number of benzene rings is 12. The van der Waals surface area contributed by atoms with Crippen LogP contribution in [0.5, 0.6) is 0 Å². The zero-order valence-corrected chi connectivity index (χ0v) is 56.0. The lowest BCUT2D eigenvalue weighted by Gasteiger charge is -2.27. The van der Waals surface area contributed by atoms with Gasteiger partial charge >= 0.3 is 0 Å². The average molecular weight is 1300 g/mol. The molecule has 0 heterocycles. The Labute approximate surface area is 552 Å². The first-order valence-corrected chi connectivity index (χ1v) is 34.5. The summed E-state index contributed by atoms with van der Waals surface area (Å²) in [6.07, 6.45) is 17.6. The van der Waals surface area contributed by atoms with E-state index in [0.717, 1.165) is 44.5 Å². The summed E-state index contributed by atoms with van der Waals surface area (Å²) in [6.45, 7) is 9.16. The molecule has 0 N–H and O–H groups in total. The second kappa shape index (κ2) is 29.6. The van der Waals surface area contributed by atoms with Crippen LogP contribution in [0.2, 0.25) is 0 Å². The van der Waals surface area contributed by atoms with Gasteiger partial charge in [0.2, 0.25) is 0 Å². The van der Waals surface area contributed by atoms with E-state index in [2.05, 4.69) is 324 Å². The summed E-state index contributed by atoms with van der Waals surface area (Å²) in [5.41, 5.74) is 24.2. The lowest BCUT2D eigenvalue weighted by molar-refractivity contribution is 0.607. The number of halogens is 2. The summed E-state index contributed by atoms with van der Waals surface area (Å²) in [7, 11) is 0. The van der Waals surface area contributed by atoms with Gasteiger partial charge in [0.1, 0.15) is 0 Å². The summed E-state index contributed by atoms with van der Waals surface area (Å²) in [5, 5.41) is 4.96. The second-order valence-corrected chi connectivity index (χ2v) is 26.5. The number of hydrogen-bond donors (Lipinski definition) is 0. The van der Waals surface area contributed by atoms with Crippen molar-refractivity contribution in [3.05, 3.63) is 286 Å². The van der Waals surface area contributed by atoms with E-state index < -0.39 is 0 Å². The number of hydrogen-bond acceptors (Lipinski definition) is 2. The van der Waals surface area contributed by atoms with Crippen molar-refractivity contribution in [1.29, 1.82) is 0 Å². The number of aryl methyl sites for hydroxylation is 4. The molecular weight excluding hydrogens is 1220 g/mol. The van der Waals surface area contributed by atoms with Gasteiger partial charge in [-0.2, -0.15) is 0 Å². The summed E-state index contributed by atoms with van der Waals surface area (Å²) in [4.78, 5) is 4.89. The first kappa shape index (κ1) is 61.9. The number of unbranched alkanes of at least 4 members (excludes halogenated alkanes) is 10. The SMILES string of the molecule is CCCCCCCCc1cccc(N(c2ccc(-c3ccc(Br)cc3)cc2)c2cccc(-c3ccc4ccc(C)c(-c5c(C)ccc6ccc(-c7cccc(N(c8ccc(-c9ccc(Br)cc9)cc8)c8cccc(CCCCCCCC)c8)c7)cc56)c4c3)c2)c1. The first-order valence-electron chi connectivity index (χ1n) is 33.0. The van der Waals surface area contributed by atoms with Crippen LogP contribution >= 0.6 is 31.9 Å². The van der Waals surface area contributed by atoms with Gasteiger partial charge in [0.15, 0.2) is 0 Å². The van der Waals surface area contributed by atoms with Gasteiger partial charge in [-0.25, -0.2) is 0 Å². The minimum Gasteiger partial charge on any atom is -0.310 e. The molecule has 0 aliphatic rings. The van der Waals surface area contributed by atoms with E-state index >= 15 is 0 Å². The molecule has 0 saturated heterocycles. The van der Waals surface area contributed by atoms with Gasteiger partial charge in [0.25, 0.3) is 0 Å². The van der Waals surface area contributed by atoms with Gasteiger partial charge in [-0.05, 0) is 248 Å². The Morgan fingerprint density at radius 2 is 0.578 bits per heavy atom. The molecule has 90 heavy (non-hydrogen) atoms. The van der Waals surface area contributed by atoms with Gasteiger partial charge in [-0.15, -0.1) is 0 Å². The molecule has 2 nitrogen and oxygen atoms in total. The van der Waals surface area contributed by atoms with Crippen molar-refractivity contribution in [3.63, 3.8) is 0 Å². The third-order valence-corrected chi connectivity index (χ3v) is 19.2. The van der Waals surface area contributed by atoms with Gasteiger partial charge in [-0.1, -0.05) is 256 Å². The number of anilines is 6. The smallest absolute Gasteiger partial charge is 0.0467 e. The van der Waals surface area contributed by atoms with Crippen molar-refractivity contribution < 1.29 is 0 Å². The summed E-state index contributed by atoms with van der Waals surface area (Å²) in [5.74, 6) is 0. The Balaban J connectivity index is 0.899. The minimum atomic E-state index is 1.08. The van der Waals surface area contributed by atoms with Crippen LogP contribution in [0.4, 0.5) is 34.1 Å². The molecule has 0 aromatic heterocycles. The predicted molar refractivity (Wildman–Crippen MR) is 397 cm³/mol. The minimum absolute atomic E-state index is 1.08. The van der Waals surface area contributed by atoms with E-state index in [4.69, 9.17) is 0 Å². The van der Waals surface area contributed by atoms with Crippen molar-refractivity contribution in [1.82, 2.24) is 0 Å². The molecule has 0 aliphatic heterocycles. The van der Waals surface area contributed by atoms with E-state index in [1.165, 1.54) is 188 Å². The highest BCUT2D eigenvalue weighted by Gasteiger charge is 2.20. The maximum Gasteiger partial charge on any atom is 0.0467 e. The van der Waals surface area contributed by atoms with Gasteiger partial charge in [-0.3, -0.25) is 0 Å². The normalized spacial score (nSPS) is 11.4. The molecule has 0 saturated carbocycles. The highest BCUT2D eigenvalue weighted by atomic mass is 79.9. The summed E-state index contributed by atoms with van der Waals surface area (Å²) >= 11 is 7.26. The zero-order valence-electron chi connectivity index (χ0n) is 52.8. The Morgan fingerprint density at radius 1 is 0.267 bits per heavy atom. The van der Waals surface area contributed by atoms with Crippen LogP contribution in [-0.4, -0.2) is 0 Å². The molecule has 0 spiro atoms. The molecule has 450 valence electrons. The monoisotopic (exact) mass is 1300 g/mol. The van der Waals surface area contributed by atoms with E-state index in [1.807, 2.05) is 0 Å². The van der Waals surface area contributed by atoms with Crippen LogP contribution in [0.3, 0.4) is 0 Å². The highest BCUT2D eigenvalue weighted by molar-refractivity contribution is 9.10. The maximum absolute atomic E-state index is 3.63. The summed E-state index contributed by atoms with van der Waals surface area (Å²) in [6, 6.07) is 95.6. The highest BCUT2D eigenvalue weighted by Crippen LogP contribution is 2.45. The average Bonchev–Trinajstić information content (AvgIpc) is 0.813. The van der Waals surface area contributed by atoms with Crippen LogP contribution in [0.1, 0.15) is 113 Å². The van der Waals surface area contributed by atoms with Gasteiger partial charge < -0.3 is 9.80 Å². The quantitative estimate of drug-likeness (QED) is 0.0526. The van der Waals surface area contributed by atoms with E-state index in [-0.39, 0.29) is 0 Å². The van der Waals surface area contributed by atoms with E-state index in [9.17, 15) is 0 Å². The molecule has 0 atom stereocenters. The van der Waals surface area contributed by atoms with Crippen molar-refractivity contribution in [2.75, 3.05) is 9.80 Å². The van der Waals surface area contributed by atoms with Crippen molar-refractivity contribution >= 4 is 87.5 Å². The fraction of sp³-hybridized carbons (Fsp3) is 0.209. The van der Waals surface area contributed by atoms with Gasteiger partial charge in [0, 0.05) is 43.1 Å². The Hall–Kier alpha value is -8.28. The number of rotatable bonds is 25. The molecule has 4 heteroatoms. The van der Waals surface area contributed by atoms with E-state index in [0.29, 0.717) is 0 Å².